The summed E-state index contributed by atoms with van der Waals surface area (Å²) in [5.41, 5.74) is 0. The fourth-order valence-electron chi connectivity index (χ4n) is 12.5. The molecule has 3 rings (SSSR count). The monoisotopic (exact) mass is 1320 g/mol. The highest BCUT2D eigenvalue weighted by Crippen LogP contribution is 2.39. The van der Waals surface area contributed by atoms with E-state index in [1.54, 1.807) is 0 Å². The van der Waals surface area contributed by atoms with Crippen LogP contribution in [-0.4, -0.2) is 215 Å². The Morgan fingerprint density at radius 2 is 1.08 bits per heavy atom. The van der Waals surface area contributed by atoms with Crippen molar-refractivity contribution in [2.24, 2.45) is 0 Å². The van der Waals surface area contributed by atoms with Gasteiger partial charge in [-0.2, -0.15) is 0 Å². The van der Waals surface area contributed by atoms with E-state index in [-0.39, 0.29) is 18.9 Å². The van der Waals surface area contributed by atoms with E-state index in [2.05, 4.69) is 48.8 Å². The van der Waals surface area contributed by atoms with Crippen molar-refractivity contribution in [2.75, 3.05) is 26.4 Å². The molecule has 23 nitrogen and oxygen atoms in total. The highest BCUT2D eigenvalue weighted by molar-refractivity contribution is 5.77. The van der Waals surface area contributed by atoms with E-state index in [1.165, 1.54) is 141 Å². The van der Waals surface area contributed by atoms with Crippen molar-refractivity contribution < 1.29 is 104 Å². The Morgan fingerprint density at radius 3 is 1.58 bits per heavy atom. The van der Waals surface area contributed by atoms with Crippen LogP contribution in [0, 0.1) is 0 Å². The maximum Gasteiger partial charge on any atom is 0.364 e. The average Bonchev–Trinajstić information content (AvgIpc) is 0.767. The number of aliphatic carboxylic acids is 1. The summed E-state index contributed by atoms with van der Waals surface area (Å²) < 4.78 is 34.9. The molecular formula is C69H126N2O21. The summed E-state index contributed by atoms with van der Waals surface area (Å²) in [6, 6.07) is -2.53. The first-order chi connectivity index (χ1) is 44.4. The first-order valence-corrected chi connectivity index (χ1v) is 35.7. The number of allylic oxidation sites excluding steroid dienone is 4. The maximum atomic E-state index is 13.5. The van der Waals surface area contributed by atoms with Gasteiger partial charge >= 0.3 is 5.97 Å². The van der Waals surface area contributed by atoms with Crippen LogP contribution in [-0.2, 0) is 42.8 Å². The molecule has 0 aliphatic carbocycles. The summed E-state index contributed by atoms with van der Waals surface area (Å²) in [5.74, 6) is -6.10. The standard InChI is InChI=1S/C69H126N2O21/c1-4-6-8-10-12-14-16-18-20-22-23-24-25-27-29-31-33-35-37-39-41-43-56(79)71-50(51(76)42-40-38-36-34-32-30-28-26-21-19-17-15-13-11-9-7-5-2)48-87-66-61(83)60(82)63(55(47-74)89-66)90-67-62(84)65(59(81)54(46-73)88-67)92-69(68(85)86)44-52(77)57(70-49(3)75)64(91-69)58(80)53(78)45-72/h6,8,12,14,50-55,57-67,72-74,76-78,80-84H,4-5,7,9-11,13,15-48H2,1-3H3,(H,70,75)(H,71,79)(H,85,86)/b8-6-,14-12-. The number of ether oxygens (including phenoxy) is 6. The zero-order valence-corrected chi connectivity index (χ0v) is 56.2. The summed E-state index contributed by atoms with van der Waals surface area (Å²) in [5, 5.41) is 136. The van der Waals surface area contributed by atoms with E-state index in [1.807, 2.05) is 0 Å². The summed E-state index contributed by atoms with van der Waals surface area (Å²) >= 11 is 0. The average molecular weight is 1320 g/mol. The molecule has 0 aromatic heterocycles. The van der Waals surface area contributed by atoms with Gasteiger partial charge in [0.15, 0.2) is 12.6 Å². The highest BCUT2D eigenvalue weighted by Gasteiger charge is 2.60. The number of aliphatic hydroxyl groups is 11. The lowest BCUT2D eigenvalue weighted by atomic mass is 9.88. The molecule has 14 N–H and O–H groups in total. The summed E-state index contributed by atoms with van der Waals surface area (Å²) in [6.07, 6.45) is 20.3. The minimum Gasteiger partial charge on any atom is -0.477 e. The zero-order valence-electron chi connectivity index (χ0n) is 56.2. The van der Waals surface area contributed by atoms with Gasteiger partial charge in [-0.3, -0.25) is 9.59 Å². The van der Waals surface area contributed by atoms with Crippen molar-refractivity contribution in [1.82, 2.24) is 10.6 Å². The van der Waals surface area contributed by atoms with Crippen LogP contribution in [0.1, 0.15) is 258 Å². The molecule has 0 bridgehead atoms. The van der Waals surface area contributed by atoms with Gasteiger partial charge < -0.3 is 100 Å². The van der Waals surface area contributed by atoms with Gasteiger partial charge in [0, 0.05) is 19.8 Å². The van der Waals surface area contributed by atoms with Crippen molar-refractivity contribution in [3.8, 4) is 0 Å². The molecule has 3 fully saturated rings. The second-order valence-corrected chi connectivity index (χ2v) is 26.1. The number of carboxylic acids is 1. The van der Waals surface area contributed by atoms with Crippen LogP contribution in [0.3, 0.4) is 0 Å². The Hall–Kier alpha value is -2.79. The van der Waals surface area contributed by atoms with Crippen molar-refractivity contribution in [1.29, 1.82) is 0 Å². The van der Waals surface area contributed by atoms with Gasteiger partial charge in [0.05, 0.1) is 50.7 Å². The molecular weight excluding hydrogens is 1190 g/mol. The molecule has 3 saturated heterocycles. The van der Waals surface area contributed by atoms with Crippen LogP contribution in [0.15, 0.2) is 24.3 Å². The molecule has 0 aromatic carbocycles. The smallest absolute Gasteiger partial charge is 0.364 e. The minimum atomic E-state index is -3.08. The van der Waals surface area contributed by atoms with E-state index >= 15 is 0 Å². The van der Waals surface area contributed by atoms with E-state index in [0.717, 1.165) is 71.1 Å². The van der Waals surface area contributed by atoms with Gasteiger partial charge in [0.1, 0.15) is 67.1 Å². The zero-order chi connectivity index (χ0) is 67.5. The predicted molar refractivity (Wildman–Crippen MR) is 348 cm³/mol. The van der Waals surface area contributed by atoms with Gasteiger partial charge in [-0.15, -0.1) is 0 Å². The van der Waals surface area contributed by atoms with Gasteiger partial charge in [-0.1, -0.05) is 224 Å². The molecule has 0 radical (unpaired) electrons. The van der Waals surface area contributed by atoms with Gasteiger partial charge in [0.2, 0.25) is 11.8 Å². The number of aliphatic hydroxyl groups excluding tert-OH is 11. The van der Waals surface area contributed by atoms with Gasteiger partial charge in [-0.25, -0.2) is 4.79 Å². The van der Waals surface area contributed by atoms with Crippen molar-refractivity contribution in [2.45, 2.75) is 368 Å². The number of carbonyl (C=O) groups is 3. The van der Waals surface area contributed by atoms with Crippen molar-refractivity contribution in [3.05, 3.63) is 24.3 Å². The lowest BCUT2D eigenvalue weighted by Gasteiger charge is -2.50. The van der Waals surface area contributed by atoms with E-state index in [0.29, 0.717) is 19.3 Å². The van der Waals surface area contributed by atoms with E-state index in [9.17, 15) is 75.7 Å². The Kier molecular flexibility index (Phi) is 45.1. The first-order valence-electron chi connectivity index (χ1n) is 35.7. The molecule has 3 heterocycles. The number of hydrogen-bond donors (Lipinski definition) is 14. The molecule has 3 aliphatic heterocycles. The second-order valence-electron chi connectivity index (χ2n) is 26.1. The van der Waals surface area contributed by atoms with Crippen LogP contribution < -0.4 is 10.6 Å². The highest BCUT2D eigenvalue weighted by atomic mass is 16.8. The van der Waals surface area contributed by atoms with Crippen molar-refractivity contribution >= 4 is 17.8 Å². The van der Waals surface area contributed by atoms with E-state index in [4.69, 9.17) is 28.4 Å². The molecule has 3 aliphatic rings. The Bertz CT molecular complexity index is 1960. The van der Waals surface area contributed by atoms with Gasteiger partial charge in [0.25, 0.3) is 5.79 Å². The number of carboxylic acid groups (broad SMARTS) is 1. The molecule has 0 spiro atoms. The molecule has 538 valence electrons. The summed E-state index contributed by atoms with van der Waals surface area (Å²) in [6.45, 7) is 2.12. The number of hydrogen-bond acceptors (Lipinski definition) is 20. The Labute approximate surface area is 549 Å². The largest absolute Gasteiger partial charge is 0.477 e. The van der Waals surface area contributed by atoms with Crippen LogP contribution in [0.5, 0.6) is 0 Å². The van der Waals surface area contributed by atoms with Crippen LogP contribution in [0.25, 0.3) is 0 Å². The Morgan fingerprint density at radius 1 is 0.576 bits per heavy atom. The minimum absolute atomic E-state index is 0.224. The molecule has 2 amide bonds. The number of amides is 2. The molecule has 0 aromatic rings. The quantitative estimate of drug-likeness (QED) is 0.0219. The molecule has 0 saturated carbocycles. The normalized spacial score (nSPS) is 28.3. The molecule has 92 heavy (non-hydrogen) atoms. The SMILES string of the molecule is CC/C=C\C/C=C\CCCCCCCCCCCCCCCCC(=O)NC(COC1OC(CO)C(OC2OC(CO)C(O)C(OC3(C(=O)O)CC(O)C(NC(C)=O)C(C(O)C(O)CO)O3)C2O)C(O)C1O)C(O)CCCCCCCCCCCCCCCCCCC. The second kappa shape index (κ2) is 49.7. The number of nitrogens with one attached hydrogen (secondary N) is 2. The third kappa shape index (κ3) is 31.6. The lowest BCUT2D eigenvalue weighted by molar-refractivity contribution is -0.386. The lowest BCUT2D eigenvalue weighted by Crippen LogP contribution is -2.70. The van der Waals surface area contributed by atoms with Crippen molar-refractivity contribution in [3.63, 3.8) is 0 Å². The fraction of sp³-hybridized carbons (Fsp3) is 0.899. The maximum absolute atomic E-state index is 13.5. The van der Waals surface area contributed by atoms with Gasteiger partial charge in [-0.05, 0) is 38.5 Å². The summed E-state index contributed by atoms with van der Waals surface area (Å²) in [7, 11) is 0. The topological polar surface area (TPSA) is 373 Å². The van der Waals surface area contributed by atoms with Crippen LogP contribution >= 0.6 is 0 Å². The van der Waals surface area contributed by atoms with Crippen LogP contribution in [0.4, 0.5) is 0 Å². The number of carbonyl (C=O) groups excluding carboxylic acids is 2. The molecule has 18 unspecified atom stereocenters. The fourth-order valence-corrected chi connectivity index (χ4v) is 12.5. The van der Waals surface area contributed by atoms with E-state index < -0.39 is 148 Å². The van der Waals surface area contributed by atoms with Crippen LogP contribution in [0.2, 0.25) is 0 Å². The third-order valence-electron chi connectivity index (χ3n) is 18.2. The Balaban J connectivity index is 1.57. The molecule has 23 heteroatoms. The molecule has 18 atom stereocenters. The summed E-state index contributed by atoms with van der Waals surface area (Å²) in [4.78, 5) is 38.6. The number of unbranched alkanes of at least 4 members (excludes halogenated alkanes) is 30. The first kappa shape index (κ1) is 83.4. The third-order valence-corrected chi connectivity index (χ3v) is 18.2. The number of rotatable bonds is 54. The predicted octanol–water partition coefficient (Wildman–Crippen LogP) is 6.84.